The van der Waals surface area contributed by atoms with Gasteiger partial charge in [-0.15, -0.1) is 0 Å². The number of carbonyl (C=O) groups excluding carboxylic acids is 2. The first-order chi connectivity index (χ1) is 12.8. The van der Waals surface area contributed by atoms with Gasteiger partial charge in [-0.3, -0.25) is 9.59 Å². The van der Waals surface area contributed by atoms with E-state index in [1.54, 1.807) is 43.3 Å². The van der Waals surface area contributed by atoms with E-state index < -0.39 is 11.4 Å². The number of aliphatic carboxylic acids is 1. The van der Waals surface area contributed by atoms with Crippen molar-refractivity contribution < 1.29 is 24.2 Å². The Labute approximate surface area is 158 Å². The molecule has 2 aliphatic rings. The summed E-state index contributed by atoms with van der Waals surface area (Å²) in [5.74, 6) is -0.372. The van der Waals surface area contributed by atoms with Crippen LogP contribution >= 0.6 is 0 Å². The van der Waals surface area contributed by atoms with Gasteiger partial charge in [-0.2, -0.15) is 0 Å². The first kappa shape index (κ1) is 19.0. The van der Waals surface area contributed by atoms with Gasteiger partial charge in [0.05, 0.1) is 5.41 Å². The number of carbonyl (C=O) groups is 3. The molecule has 8 heteroatoms. The van der Waals surface area contributed by atoms with Crippen LogP contribution in [0.15, 0.2) is 24.3 Å². The second kappa shape index (κ2) is 7.46. The summed E-state index contributed by atoms with van der Waals surface area (Å²) in [4.78, 5) is 38.8. The Morgan fingerprint density at radius 1 is 1.30 bits per heavy atom. The summed E-state index contributed by atoms with van der Waals surface area (Å²) < 4.78 is 5.40. The first-order valence-corrected chi connectivity index (χ1v) is 9.04. The molecule has 0 bridgehead atoms. The number of fused-ring (bicyclic) bond motifs is 1. The number of hydrogen-bond donors (Lipinski definition) is 2. The number of likely N-dealkylation sites (N-methyl/N-ethyl adjacent to an activating group) is 1. The summed E-state index contributed by atoms with van der Waals surface area (Å²) >= 11 is 0. The molecular weight excluding hydrogens is 350 g/mol. The van der Waals surface area contributed by atoms with Gasteiger partial charge >= 0.3 is 12.0 Å². The van der Waals surface area contributed by atoms with Crippen LogP contribution in [0.4, 0.5) is 10.5 Å². The van der Waals surface area contributed by atoms with E-state index in [9.17, 15) is 19.5 Å². The number of carboxylic acids is 1. The molecule has 1 saturated heterocycles. The molecule has 0 radical (unpaired) electrons. The van der Waals surface area contributed by atoms with Crippen molar-refractivity contribution in [3.8, 4) is 5.75 Å². The summed E-state index contributed by atoms with van der Waals surface area (Å²) in [7, 11) is 3.32. The van der Waals surface area contributed by atoms with Crippen LogP contribution in [-0.4, -0.2) is 66.6 Å². The highest BCUT2D eigenvalue weighted by Gasteiger charge is 2.55. The van der Waals surface area contributed by atoms with Crippen LogP contribution in [0, 0.1) is 11.3 Å². The summed E-state index contributed by atoms with van der Waals surface area (Å²) in [6, 6.07) is 6.45. The van der Waals surface area contributed by atoms with E-state index in [1.807, 2.05) is 0 Å². The Kier molecular flexibility index (Phi) is 5.25. The Hall–Kier alpha value is -2.77. The summed E-state index contributed by atoms with van der Waals surface area (Å²) in [6.45, 7) is 0.684. The van der Waals surface area contributed by atoms with Crippen molar-refractivity contribution in [1.29, 1.82) is 0 Å². The fraction of sp³-hybridized carbons (Fsp3) is 0.526. The van der Waals surface area contributed by atoms with Crippen molar-refractivity contribution in [2.24, 2.45) is 11.3 Å². The van der Waals surface area contributed by atoms with Crippen LogP contribution in [0.3, 0.4) is 0 Å². The fourth-order valence-electron chi connectivity index (χ4n) is 3.90. The zero-order valence-corrected chi connectivity index (χ0v) is 15.6. The highest BCUT2D eigenvalue weighted by atomic mass is 16.5. The number of anilines is 1. The molecule has 27 heavy (non-hydrogen) atoms. The number of urea groups is 1. The standard InChI is InChI=1S/C19H25N3O5/c1-21(2)16(23)11-27-15-7-5-14(6-8-15)20-18(26)22-10-13-4-3-9-19(13,12-22)17(24)25/h5-8,13H,3-4,9-12H2,1-2H3,(H,20,26)(H,24,25)/t13-,19+/m0/s1. The number of likely N-dealkylation sites (tertiary alicyclic amines) is 1. The number of carboxylic acid groups (broad SMARTS) is 1. The summed E-state index contributed by atoms with van der Waals surface area (Å²) in [6.07, 6.45) is 2.40. The van der Waals surface area contributed by atoms with Gasteiger partial charge in [0.25, 0.3) is 5.91 Å². The van der Waals surface area contributed by atoms with Crippen molar-refractivity contribution in [2.75, 3.05) is 39.1 Å². The predicted octanol–water partition coefficient (Wildman–Crippen LogP) is 1.87. The second-order valence-electron chi connectivity index (χ2n) is 7.46. The average molecular weight is 375 g/mol. The lowest BCUT2D eigenvalue weighted by Gasteiger charge is -2.23. The zero-order chi connectivity index (χ0) is 19.6. The number of benzene rings is 1. The van der Waals surface area contributed by atoms with Crippen molar-refractivity contribution in [3.63, 3.8) is 0 Å². The van der Waals surface area contributed by atoms with E-state index in [4.69, 9.17) is 4.74 Å². The summed E-state index contributed by atoms with van der Waals surface area (Å²) in [5.41, 5.74) is -0.193. The van der Waals surface area contributed by atoms with Crippen molar-refractivity contribution >= 4 is 23.6 Å². The van der Waals surface area contributed by atoms with Gasteiger partial charge in [-0.25, -0.2) is 4.79 Å². The summed E-state index contributed by atoms with van der Waals surface area (Å²) in [5, 5.41) is 12.4. The van der Waals surface area contributed by atoms with Crippen LogP contribution in [0.1, 0.15) is 19.3 Å². The normalized spacial score (nSPS) is 23.6. The van der Waals surface area contributed by atoms with Crippen molar-refractivity contribution in [2.45, 2.75) is 19.3 Å². The molecule has 0 spiro atoms. The molecule has 146 valence electrons. The van der Waals surface area contributed by atoms with Crippen molar-refractivity contribution in [1.82, 2.24) is 9.80 Å². The van der Waals surface area contributed by atoms with Gasteiger partial charge in [0, 0.05) is 32.9 Å². The van der Waals surface area contributed by atoms with Crippen LogP contribution in [0.5, 0.6) is 5.75 Å². The van der Waals surface area contributed by atoms with Gasteiger partial charge in [0.15, 0.2) is 6.61 Å². The minimum absolute atomic E-state index is 0.0331. The third-order valence-electron chi connectivity index (χ3n) is 5.55. The second-order valence-corrected chi connectivity index (χ2v) is 7.46. The SMILES string of the molecule is CN(C)C(=O)COc1ccc(NC(=O)N2C[C@@H]3CCC[C@@]3(C(=O)O)C2)cc1. The number of ether oxygens (including phenoxy) is 1. The molecule has 2 fully saturated rings. The van der Waals surface area contributed by atoms with E-state index in [0.29, 0.717) is 24.4 Å². The minimum Gasteiger partial charge on any atom is -0.484 e. The zero-order valence-electron chi connectivity index (χ0n) is 15.6. The predicted molar refractivity (Wildman–Crippen MR) is 98.6 cm³/mol. The molecule has 1 heterocycles. The highest BCUT2D eigenvalue weighted by Crippen LogP contribution is 2.48. The van der Waals surface area contributed by atoms with Crippen LogP contribution in [0.2, 0.25) is 0 Å². The Morgan fingerprint density at radius 2 is 2.00 bits per heavy atom. The van der Waals surface area contributed by atoms with E-state index in [-0.39, 0.29) is 31.0 Å². The molecule has 2 atom stereocenters. The molecule has 3 amide bonds. The molecule has 1 aliphatic carbocycles. The minimum atomic E-state index is -0.797. The lowest BCUT2D eigenvalue weighted by Crippen LogP contribution is -2.38. The van der Waals surface area contributed by atoms with Gasteiger partial charge in [0.1, 0.15) is 5.75 Å². The molecule has 1 saturated carbocycles. The molecule has 1 aliphatic heterocycles. The maximum absolute atomic E-state index is 12.5. The van der Waals surface area contributed by atoms with Crippen LogP contribution in [-0.2, 0) is 9.59 Å². The number of nitrogens with zero attached hydrogens (tertiary/aromatic N) is 2. The third kappa shape index (κ3) is 3.84. The molecule has 0 unspecified atom stereocenters. The van der Waals surface area contributed by atoms with Gasteiger partial charge in [-0.05, 0) is 43.0 Å². The Balaban J connectivity index is 1.56. The van der Waals surface area contributed by atoms with Gasteiger partial charge in [-0.1, -0.05) is 6.42 Å². The molecule has 3 rings (SSSR count). The van der Waals surface area contributed by atoms with E-state index in [1.165, 1.54) is 4.90 Å². The first-order valence-electron chi connectivity index (χ1n) is 9.04. The van der Waals surface area contributed by atoms with Crippen molar-refractivity contribution in [3.05, 3.63) is 24.3 Å². The highest BCUT2D eigenvalue weighted by molar-refractivity contribution is 5.90. The number of hydrogen-bond acceptors (Lipinski definition) is 4. The van der Waals surface area contributed by atoms with Gasteiger partial charge in [0.2, 0.25) is 0 Å². The van der Waals surface area contributed by atoms with E-state index in [0.717, 1.165) is 12.8 Å². The fourth-order valence-corrected chi connectivity index (χ4v) is 3.90. The van der Waals surface area contributed by atoms with Gasteiger partial charge < -0.3 is 25.0 Å². The maximum atomic E-state index is 12.5. The quantitative estimate of drug-likeness (QED) is 0.819. The van der Waals surface area contributed by atoms with E-state index >= 15 is 0 Å². The third-order valence-corrected chi connectivity index (χ3v) is 5.55. The molecule has 2 N–H and O–H groups in total. The van der Waals surface area contributed by atoms with E-state index in [2.05, 4.69) is 5.32 Å². The largest absolute Gasteiger partial charge is 0.484 e. The molecule has 0 aromatic heterocycles. The van der Waals surface area contributed by atoms with Crippen LogP contribution in [0.25, 0.3) is 0 Å². The number of amides is 3. The number of rotatable bonds is 5. The Bertz CT molecular complexity index is 733. The number of nitrogens with one attached hydrogen (secondary N) is 1. The lowest BCUT2D eigenvalue weighted by atomic mass is 9.81. The smallest absolute Gasteiger partial charge is 0.321 e. The topological polar surface area (TPSA) is 99.2 Å². The van der Waals surface area contributed by atoms with Crippen LogP contribution < -0.4 is 10.1 Å². The molecule has 1 aromatic carbocycles. The lowest BCUT2D eigenvalue weighted by molar-refractivity contribution is -0.149. The molecule has 1 aromatic rings. The molecule has 8 nitrogen and oxygen atoms in total. The molecular formula is C19H25N3O5. The maximum Gasteiger partial charge on any atom is 0.321 e. The Morgan fingerprint density at radius 3 is 2.59 bits per heavy atom. The monoisotopic (exact) mass is 375 g/mol. The average Bonchev–Trinajstić information content (AvgIpc) is 3.19.